The number of nitrogens with one attached hydrogen (secondary N) is 2. The Morgan fingerprint density at radius 1 is 1.00 bits per heavy atom. The number of thiocarbonyl (C=S) groups is 1. The van der Waals surface area contributed by atoms with E-state index >= 15 is 0 Å². The summed E-state index contributed by atoms with van der Waals surface area (Å²) in [5.74, 6) is 1.31. The van der Waals surface area contributed by atoms with Crippen molar-refractivity contribution in [2.45, 2.75) is 0 Å². The Morgan fingerprint density at radius 3 is 2.41 bits per heavy atom. The first kappa shape index (κ1) is 16.7. The van der Waals surface area contributed by atoms with Gasteiger partial charge in [0.2, 0.25) is 0 Å². The zero-order valence-corrected chi connectivity index (χ0v) is 14.3. The van der Waals surface area contributed by atoms with Gasteiger partial charge in [-0.2, -0.15) is 0 Å². The van der Waals surface area contributed by atoms with Gasteiger partial charge in [0.05, 0.1) is 35.6 Å². The van der Waals surface area contributed by atoms with E-state index in [2.05, 4.69) is 10.6 Å². The van der Waals surface area contributed by atoms with E-state index in [1.165, 1.54) is 0 Å². The summed E-state index contributed by atoms with van der Waals surface area (Å²) in [4.78, 5) is 0. The Hall–Kier alpha value is -1.69. The van der Waals surface area contributed by atoms with Crippen LogP contribution in [0.3, 0.4) is 0 Å². The van der Waals surface area contributed by atoms with Gasteiger partial charge in [-0.05, 0) is 36.5 Å². The third-order valence-electron chi connectivity index (χ3n) is 2.86. The van der Waals surface area contributed by atoms with Crippen LogP contribution in [-0.2, 0) is 0 Å². The number of rotatable bonds is 4. The fourth-order valence-electron chi connectivity index (χ4n) is 1.78. The molecule has 0 unspecified atom stereocenters. The minimum absolute atomic E-state index is 0.368. The number of hydrogen-bond donors (Lipinski definition) is 2. The molecule has 0 aromatic heterocycles. The van der Waals surface area contributed by atoms with E-state index in [1.54, 1.807) is 44.6 Å². The molecule has 0 aliphatic rings. The molecule has 22 heavy (non-hydrogen) atoms. The lowest BCUT2D eigenvalue weighted by Gasteiger charge is -2.15. The maximum absolute atomic E-state index is 6.12. The smallest absolute Gasteiger partial charge is 0.175 e. The Labute approximate surface area is 144 Å². The van der Waals surface area contributed by atoms with Crippen molar-refractivity contribution in [1.29, 1.82) is 0 Å². The molecule has 0 fully saturated rings. The Balaban J connectivity index is 2.14. The lowest BCUT2D eigenvalue weighted by Crippen LogP contribution is -2.19. The number of benzene rings is 2. The Kier molecular flexibility index (Phi) is 5.71. The quantitative estimate of drug-likeness (QED) is 0.768. The molecule has 7 heteroatoms. The van der Waals surface area contributed by atoms with Crippen molar-refractivity contribution >= 4 is 51.9 Å². The van der Waals surface area contributed by atoms with E-state index in [1.807, 2.05) is 6.07 Å². The average molecular weight is 357 g/mol. The number of ether oxygens (including phenoxy) is 2. The van der Waals surface area contributed by atoms with Crippen molar-refractivity contribution < 1.29 is 9.47 Å². The summed E-state index contributed by atoms with van der Waals surface area (Å²) in [6, 6.07) is 10.7. The van der Waals surface area contributed by atoms with Gasteiger partial charge in [0.1, 0.15) is 11.5 Å². The molecule has 0 saturated heterocycles. The maximum atomic E-state index is 6.12. The van der Waals surface area contributed by atoms with Crippen LogP contribution in [0.25, 0.3) is 0 Å². The standard InChI is InChI=1S/C15H14Cl2N2O2S/c1-20-9-6-7-11(13(8-9)21-2)18-15(22)19-12-5-3-4-10(16)14(12)17/h3-8H,1-2H3,(H2,18,19,22). The SMILES string of the molecule is COc1ccc(NC(=S)Nc2cccc(Cl)c2Cl)c(OC)c1. The van der Waals surface area contributed by atoms with Crippen LogP contribution in [0.5, 0.6) is 11.5 Å². The monoisotopic (exact) mass is 356 g/mol. The van der Waals surface area contributed by atoms with Gasteiger partial charge >= 0.3 is 0 Å². The molecule has 0 amide bonds. The molecule has 0 aliphatic carbocycles. The number of methoxy groups -OCH3 is 2. The molecule has 0 aliphatic heterocycles. The van der Waals surface area contributed by atoms with Gasteiger partial charge in [-0.3, -0.25) is 0 Å². The number of anilines is 2. The molecule has 0 radical (unpaired) electrons. The largest absolute Gasteiger partial charge is 0.497 e. The second-order valence-corrected chi connectivity index (χ2v) is 5.44. The van der Waals surface area contributed by atoms with Gasteiger partial charge in [0.25, 0.3) is 0 Å². The molecule has 0 spiro atoms. The summed E-state index contributed by atoms with van der Waals surface area (Å²) in [7, 11) is 3.17. The molecule has 0 saturated carbocycles. The first-order chi connectivity index (χ1) is 10.5. The van der Waals surface area contributed by atoms with Crippen LogP contribution in [0, 0.1) is 0 Å². The molecule has 0 bridgehead atoms. The van der Waals surface area contributed by atoms with Gasteiger partial charge < -0.3 is 20.1 Å². The second kappa shape index (κ2) is 7.54. The van der Waals surface area contributed by atoms with E-state index in [4.69, 9.17) is 44.9 Å². The predicted molar refractivity (Wildman–Crippen MR) is 95.9 cm³/mol. The van der Waals surface area contributed by atoms with E-state index in [9.17, 15) is 0 Å². The van der Waals surface area contributed by atoms with Crippen molar-refractivity contribution in [2.24, 2.45) is 0 Å². The van der Waals surface area contributed by atoms with Gasteiger partial charge in [-0.1, -0.05) is 29.3 Å². The van der Waals surface area contributed by atoms with Gasteiger partial charge in [-0.15, -0.1) is 0 Å². The average Bonchev–Trinajstić information content (AvgIpc) is 2.52. The minimum atomic E-state index is 0.368. The van der Waals surface area contributed by atoms with Crippen LogP contribution >= 0.6 is 35.4 Å². The summed E-state index contributed by atoms with van der Waals surface area (Å²) in [5, 5.41) is 7.28. The molecule has 2 aromatic rings. The molecule has 2 aromatic carbocycles. The molecule has 4 nitrogen and oxygen atoms in total. The van der Waals surface area contributed by atoms with Crippen LogP contribution in [0.1, 0.15) is 0 Å². The van der Waals surface area contributed by atoms with E-state index in [0.717, 1.165) is 0 Å². The third kappa shape index (κ3) is 3.94. The minimum Gasteiger partial charge on any atom is -0.497 e. The molecular formula is C15H14Cl2N2O2S. The van der Waals surface area contributed by atoms with Crippen LogP contribution in [0.15, 0.2) is 36.4 Å². The molecule has 0 heterocycles. The van der Waals surface area contributed by atoms with Crippen molar-refractivity contribution in [3.05, 3.63) is 46.4 Å². The summed E-state index contributed by atoms with van der Waals surface area (Å²) in [5.41, 5.74) is 1.33. The fourth-order valence-corrected chi connectivity index (χ4v) is 2.35. The molecule has 116 valence electrons. The number of hydrogen-bond acceptors (Lipinski definition) is 3. The lowest BCUT2D eigenvalue weighted by molar-refractivity contribution is 0.395. The van der Waals surface area contributed by atoms with Crippen LogP contribution in [-0.4, -0.2) is 19.3 Å². The maximum Gasteiger partial charge on any atom is 0.175 e. The topological polar surface area (TPSA) is 42.5 Å². The van der Waals surface area contributed by atoms with Crippen molar-refractivity contribution in [2.75, 3.05) is 24.9 Å². The van der Waals surface area contributed by atoms with Crippen molar-refractivity contribution in [3.63, 3.8) is 0 Å². The predicted octanol–water partition coefficient (Wildman–Crippen LogP) is 4.82. The summed E-state index contributed by atoms with van der Waals surface area (Å²) in [6.45, 7) is 0. The van der Waals surface area contributed by atoms with Gasteiger partial charge in [0, 0.05) is 6.07 Å². The normalized spacial score (nSPS) is 10.0. The van der Waals surface area contributed by atoms with E-state index in [0.29, 0.717) is 38.0 Å². The molecule has 2 rings (SSSR count). The molecule has 0 atom stereocenters. The Bertz CT molecular complexity index is 695. The zero-order chi connectivity index (χ0) is 16.1. The Morgan fingerprint density at radius 2 is 1.73 bits per heavy atom. The van der Waals surface area contributed by atoms with Crippen molar-refractivity contribution in [3.8, 4) is 11.5 Å². The third-order valence-corrected chi connectivity index (χ3v) is 3.88. The summed E-state index contributed by atoms with van der Waals surface area (Å²) >= 11 is 17.4. The van der Waals surface area contributed by atoms with Crippen molar-refractivity contribution in [1.82, 2.24) is 0 Å². The first-order valence-electron chi connectivity index (χ1n) is 6.29. The summed E-state index contributed by atoms with van der Waals surface area (Å²) < 4.78 is 10.5. The van der Waals surface area contributed by atoms with E-state index < -0.39 is 0 Å². The van der Waals surface area contributed by atoms with Crippen LogP contribution in [0.4, 0.5) is 11.4 Å². The van der Waals surface area contributed by atoms with E-state index in [-0.39, 0.29) is 0 Å². The summed E-state index contributed by atoms with van der Waals surface area (Å²) in [6.07, 6.45) is 0. The molecule has 2 N–H and O–H groups in total. The lowest BCUT2D eigenvalue weighted by atomic mass is 10.2. The zero-order valence-electron chi connectivity index (χ0n) is 11.9. The molecular weight excluding hydrogens is 343 g/mol. The highest BCUT2D eigenvalue weighted by Crippen LogP contribution is 2.31. The highest BCUT2D eigenvalue weighted by atomic mass is 35.5. The van der Waals surface area contributed by atoms with Crippen LogP contribution in [0.2, 0.25) is 10.0 Å². The highest BCUT2D eigenvalue weighted by molar-refractivity contribution is 7.80. The van der Waals surface area contributed by atoms with Gasteiger partial charge in [-0.25, -0.2) is 0 Å². The second-order valence-electron chi connectivity index (χ2n) is 4.25. The fraction of sp³-hybridized carbons (Fsp3) is 0.133. The number of halogens is 2. The highest BCUT2D eigenvalue weighted by Gasteiger charge is 2.09. The van der Waals surface area contributed by atoms with Crippen LogP contribution < -0.4 is 20.1 Å². The first-order valence-corrected chi connectivity index (χ1v) is 7.45. The van der Waals surface area contributed by atoms with Gasteiger partial charge in [0.15, 0.2) is 5.11 Å².